The summed E-state index contributed by atoms with van der Waals surface area (Å²) in [5, 5.41) is 12.0. The van der Waals surface area contributed by atoms with Crippen molar-refractivity contribution in [3.63, 3.8) is 0 Å². The summed E-state index contributed by atoms with van der Waals surface area (Å²) in [6, 6.07) is -0.00645. The number of hydrogen-bond acceptors (Lipinski definition) is 2. The van der Waals surface area contributed by atoms with Crippen LogP contribution in [-0.2, 0) is 4.79 Å². The molecule has 0 aromatic carbocycles. The highest BCUT2D eigenvalue weighted by Crippen LogP contribution is 2.23. The molecule has 1 fully saturated rings. The number of likely N-dealkylation sites (tertiary alicyclic amines) is 1. The highest BCUT2D eigenvalue weighted by Gasteiger charge is 2.37. The first-order valence-electron chi connectivity index (χ1n) is 7.13. The molecule has 4 unspecified atom stereocenters. The van der Waals surface area contributed by atoms with Crippen molar-refractivity contribution in [1.82, 2.24) is 10.2 Å². The van der Waals surface area contributed by atoms with Crippen molar-refractivity contribution in [2.45, 2.75) is 46.6 Å². The smallest absolute Gasteiger partial charge is 0.317 e. The summed E-state index contributed by atoms with van der Waals surface area (Å²) in [6.07, 6.45) is 2.05. The summed E-state index contributed by atoms with van der Waals surface area (Å²) < 4.78 is 0. The first-order valence-corrected chi connectivity index (χ1v) is 7.13. The summed E-state index contributed by atoms with van der Waals surface area (Å²) >= 11 is 0. The molecule has 1 heterocycles. The van der Waals surface area contributed by atoms with Crippen molar-refractivity contribution in [3.8, 4) is 0 Å². The van der Waals surface area contributed by atoms with Crippen LogP contribution in [0.4, 0.5) is 4.79 Å². The molecule has 0 saturated carbocycles. The Kier molecular flexibility index (Phi) is 5.63. The van der Waals surface area contributed by atoms with Crippen LogP contribution in [0.3, 0.4) is 0 Å². The van der Waals surface area contributed by atoms with E-state index in [0.717, 1.165) is 12.8 Å². The van der Waals surface area contributed by atoms with Gasteiger partial charge in [0.25, 0.3) is 0 Å². The lowest BCUT2D eigenvalue weighted by Crippen LogP contribution is -2.43. The Labute approximate surface area is 115 Å². The van der Waals surface area contributed by atoms with Crippen molar-refractivity contribution in [1.29, 1.82) is 0 Å². The van der Waals surface area contributed by atoms with E-state index in [1.807, 2.05) is 13.8 Å². The van der Waals surface area contributed by atoms with Crippen molar-refractivity contribution < 1.29 is 14.7 Å². The Morgan fingerprint density at radius 2 is 2.00 bits per heavy atom. The summed E-state index contributed by atoms with van der Waals surface area (Å²) in [6.45, 7) is 9.03. The Balaban J connectivity index is 2.45. The zero-order chi connectivity index (χ0) is 14.6. The van der Waals surface area contributed by atoms with Gasteiger partial charge < -0.3 is 15.3 Å². The summed E-state index contributed by atoms with van der Waals surface area (Å²) in [5.41, 5.74) is 0. The lowest BCUT2D eigenvalue weighted by molar-refractivity contribution is -0.142. The highest BCUT2D eigenvalue weighted by atomic mass is 16.4. The molecular formula is C14H26N2O3. The fourth-order valence-corrected chi connectivity index (χ4v) is 2.59. The molecule has 1 saturated heterocycles. The van der Waals surface area contributed by atoms with E-state index in [0.29, 0.717) is 19.0 Å². The summed E-state index contributed by atoms with van der Waals surface area (Å²) in [7, 11) is 0. The number of carboxylic acid groups (broad SMARTS) is 1. The number of nitrogens with zero attached hydrogens (tertiary/aromatic N) is 1. The number of aliphatic carboxylic acids is 1. The Bertz CT molecular complexity index is 333. The third kappa shape index (κ3) is 4.40. The van der Waals surface area contributed by atoms with Gasteiger partial charge >= 0.3 is 12.0 Å². The molecule has 5 heteroatoms. The van der Waals surface area contributed by atoms with Gasteiger partial charge in [-0.3, -0.25) is 4.79 Å². The first kappa shape index (κ1) is 15.8. The number of hydrogen-bond donors (Lipinski definition) is 2. The number of rotatable bonds is 5. The fourth-order valence-electron chi connectivity index (χ4n) is 2.59. The van der Waals surface area contributed by atoms with E-state index in [4.69, 9.17) is 5.11 Å². The van der Waals surface area contributed by atoms with Crippen LogP contribution in [0, 0.1) is 17.8 Å². The molecule has 2 N–H and O–H groups in total. The SMILES string of the molecule is CCC(C)CC(C)NC(=O)N1CC(C)C(C(=O)O)C1. The molecule has 1 rings (SSSR count). The average molecular weight is 270 g/mol. The second-order valence-electron chi connectivity index (χ2n) is 5.93. The summed E-state index contributed by atoms with van der Waals surface area (Å²) in [5.74, 6) is -0.640. The van der Waals surface area contributed by atoms with Crippen molar-refractivity contribution in [3.05, 3.63) is 0 Å². The van der Waals surface area contributed by atoms with E-state index in [1.54, 1.807) is 4.90 Å². The molecule has 0 bridgehead atoms. The fraction of sp³-hybridized carbons (Fsp3) is 0.857. The van der Waals surface area contributed by atoms with Crippen LogP contribution >= 0.6 is 0 Å². The molecule has 4 atom stereocenters. The predicted octanol–water partition coefficient (Wildman–Crippen LogP) is 2.17. The minimum atomic E-state index is -0.810. The van der Waals surface area contributed by atoms with Gasteiger partial charge in [-0.1, -0.05) is 27.2 Å². The van der Waals surface area contributed by atoms with Gasteiger partial charge in [0.1, 0.15) is 0 Å². The first-order chi connectivity index (χ1) is 8.85. The minimum absolute atomic E-state index is 0.0214. The number of carbonyl (C=O) groups excluding carboxylic acids is 1. The maximum absolute atomic E-state index is 12.1. The second kappa shape index (κ2) is 6.78. The Morgan fingerprint density at radius 1 is 1.37 bits per heavy atom. The molecular weight excluding hydrogens is 244 g/mol. The lowest BCUT2D eigenvalue weighted by Gasteiger charge is -2.22. The minimum Gasteiger partial charge on any atom is -0.481 e. The van der Waals surface area contributed by atoms with Gasteiger partial charge in [0.15, 0.2) is 0 Å². The molecule has 0 aromatic rings. The molecule has 19 heavy (non-hydrogen) atoms. The average Bonchev–Trinajstić information content (AvgIpc) is 2.71. The number of carbonyl (C=O) groups is 2. The normalized spacial score (nSPS) is 26.0. The number of amides is 2. The molecule has 110 valence electrons. The molecule has 2 amide bonds. The van der Waals surface area contributed by atoms with E-state index in [9.17, 15) is 9.59 Å². The van der Waals surface area contributed by atoms with Gasteiger partial charge in [0.2, 0.25) is 0 Å². The quantitative estimate of drug-likeness (QED) is 0.804. The van der Waals surface area contributed by atoms with Gasteiger partial charge in [-0.2, -0.15) is 0 Å². The van der Waals surface area contributed by atoms with Crippen molar-refractivity contribution in [2.24, 2.45) is 17.8 Å². The predicted molar refractivity (Wildman–Crippen MR) is 73.9 cm³/mol. The van der Waals surface area contributed by atoms with E-state index in [-0.39, 0.29) is 18.0 Å². The molecule has 5 nitrogen and oxygen atoms in total. The van der Waals surface area contributed by atoms with Crippen LogP contribution in [0.2, 0.25) is 0 Å². The van der Waals surface area contributed by atoms with Gasteiger partial charge in [-0.05, 0) is 25.2 Å². The molecule has 1 aliphatic heterocycles. The van der Waals surface area contributed by atoms with E-state index < -0.39 is 11.9 Å². The van der Waals surface area contributed by atoms with E-state index >= 15 is 0 Å². The molecule has 0 radical (unpaired) electrons. The monoisotopic (exact) mass is 270 g/mol. The lowest BCUT2D eigenvalue weighted by atomic mass is 9.99. The van der Waals surface area contributed by atoms with Crippen LogP contribution < -0.4 is 5.32 Å². The van der Waals surface area contributed by atoms with Crippen LogP contribution in [-0.4, -0.2) is 41.1 Å². The van der Waals surface area contributed by atoms with Crippen molar-refractivity contribution >= 4 is 12.0 Å². The van der Waals surface area contributed by atoms with Gasteiger partial charge in [0, 0.05) is 19.1 Å². The van der Waals surface area contributed by atoms with E-state index in [2.05, 4.69) is 19.2 Å². The highest BCUT2D eigenvalue weighted by molar-refractivity contribution is 5.77. The van der Waals surface area contributed by atoms with Gasteiger partial charge in [0.05, 0.1) is 5.92 Å². The topological polar surface area (TPSA) is 69.6 Å². The molecule has 0 aliphatic carbocycles. The van der Waals surface area contributed by atoms with Crippen molar-refractivity contribution in [2.75, 3.05) is 13.1 Å². The molecule has 0 aromatic heterocycles. The molecule has 1 aliphatic rings. The third-order valence-corrected chi connectivity index (χ3v) is 4.04. The third-order valence-electron chi connectivity index (χ3n) is 4.04. The number of urea groups is 1. The largest absolute Gasteiger partial charge is 0.481 e. The second-order valence-corrected chi connectivity index (χ2v) is 5.93. The van der Waals surface area contributed by atoms with Crippen LogP contribution in [0.5, 0.6) is 0 Å². The zero-order valence-electron chi connectivity index (χ0n) is 12.3. The molecule has 0 spiro atoms. The Morgan fingerprint density at radius 3 is 2.47 bits per heavy atom. The van der Waals surface area contributed by atoms with Gasteiger partial charge in [-0.15, -0.1) is 0 Å². The summed E-state index contributed by atoms with van der Waals surface area (Å²) in [4.78, 5) is 24.7. The standard InChI is InChI=1S/C14H26N2O3/c1-5-9(2)6-11(4)15-14(19)16-7-10(3)12(8-16)13(17)18/h9-12H,5-8H2,1-4H3,(H,15,19)(H,17,18). The van der Waals surface area contributed by atoms with Crippen LogP contribution in [0.1, 0.15) is 40.5 Å². The zero-order valence-corrected chi connectivity index (χ0v) is 12.3. The van der Waals surface area contributed by atoms with Gasteiger partial charge in [-0.25, -0.2) is 4.79 Å². The number of carboxylic acids is 1. The number of nitrogens with one attached hydrogen (secondary N) is 1. The van der Waals surface area contributed by atoms with Crippen LogP contribution in [0.25, 0.3) is 0 Å². The van der Waals surface area contributed by atoms with E-state index in [1.165, 1.54) is 0 Å². The maximum atomic E-state index is 12.1. The van der Waals surface area contributed by atoms with Crippen LogP contribution in [0.15, 0.2) is 0 Å². The Hall–Kier alpha value is -1.26. The maximum Gasteiger partial charge on any atom is 0.317 e.